The fraction of sp³-hybridized carbons (Fsp3) is 0.667. The van der Waals surface area contributed by atoms with Crippen molar-refractivity contribution in [1.82, 2.24) is 15.6 Å². The molecule has 0 spiro atoms. The van der Waals surface area contributed by atoms with E-state index in [-0.39, 0.29) is 18.2 Å². The Kier molecular flexibility index (Phi) is 5.63. The van der Waals surface area contributed by atoms with Crippen LogP contribution < -0.4 is 10.6 Å². The summed E-state index contributed by atoms with van der Waals surface area (Å²) in [5.74, 6) is 0.401. The number of rotatable bonds is 5. The van der Waals surface area contributed by atoms with E-state index in [1.165, 1.54) is 5.56 Å². The van der Waals surface area contributed by atoms with Crippen LogP contribution in [0, 0.1) is 5.92 Å². The lowest BCUT2D eigenvalue weighted by Gasteiger charge is -2.27. The van der Waals surface area contributed by atoms with Gasteiger partial charge in [0.25, 0.3) is 0 Å². The van der Waals surface area contributed by atoms with Crippen LogP contribution in [0.5, 0.6) is 0 Å². The van der Waals surface area contributed by atoms with Gasteiger partial charge < -0.3 is 15.4 Å². The molecule has 0 fully saturated rings. The zero-order valence-corrected chi connectivity index (χ0v) is 14.8. The van der Waals surface area contributed by atoms with Gasteiger partial charge in [-0.2, -0.15) is 0 Å². The van der Waals surface area contributed by atoms with E-state index < -0.39 is 5.60 Å². The summed E-state index contributed by atoms with van der Waals surface area (Å²) in [7, 11) is 0. The lowest BCUT2D eigenvalue weighted by Crippen LogP contribution is -2.46. The van der Waals surface area contributed by atoms with Crippen LogP contribution in [0.4, 0.5) is 4.79 Å². The van der Waals surface area contributed by atoms with Gasteiger partial charge >= 0.3 is 6.09 Å². The molecule has 0 saturated carbocycles. The number of fused-ring (bicyclic) bond motifs is 1. The van der Waals surface area contributed by atoms with Gasteiger partial charge in [0, 0.05) is 18.8 Å². The second-order valence-electron chi connectivity index (χ2n) is 7.54. The number of carbonyl (C=O) groups excluding carboxylic acids is 1. The molecule has 2 atom stereocenters. The minimum absolute atomic E-state index is 0.181. The first kappa shape index (κ1) is 17.7. The first-order valence-electron chi connectivity index (χ1n) is 8.43. The van der Waals surface area contributed by atoms with Gasteiger partial charge in [0.2, 0.25) is 0 Å². The highest BCUT2D eigenvalue weighted by molar-refractivity contribution is 5.67. The Balaban J connectivity index is 1.91. The fourth-order valence-corrected chi connectivity index (χ4v) is 2.83. The molecule has 0 aliphatic heterocycles. The molecule has 2 unspecified atom stereocenters. The Hall–Kier alpha value is -1.62. The number of hydrogen-bond donors (Lipinski definition) is 2. The van der Waals surface area contributed by atoms with E-state index in [0.717, 1.165) is 18.5 Å². The number of alkyl carbamates (subject to hydrolysis) is 1. The summed E-state index contributed by atoms with van der Waals surface area (Å²) in [6, 6.07) is 4.58. The molecule has 128 valence electrons. The van der Waals surface area contributed by atoms with Crippen LogP contribution in [0.1, 0.15) is 58.3 Å². The molecule has 2 rings (SSSR count). The number of pyridine rings is 1. The summed E-state index contributed by atoms with van der Waals surface area (Å²) in [6.45, 7) is 10.5. The van der Waals surface area contributed by atoms with Crippen molar-refractivity contribution in [2.45, 2.75) is 65.1 Å². The smallest absolute Gasteiger partial charge is 0.407 e. The third-order valence-electron chi connectivity index (χ3n) is 4.04. The van der Waals surface area contributed by atoms with Crippen molar-refractivity contribution in [3.63, 3.8) is 0 Å². The predicted molar refractivity (Wildman–Crippen MR) is 91.3 cm³/mol. The van der Waals surface area contributed by atoms with E-state index in [2.05, 4.69) is 35.5 Å². The van der Waals surface area contributed by atoms with E-state index in [9.17, 15) is 4.79 Å². The minimum atomic E-state index is -0.473. The van der Waals surface area contributed by atoms with Crippen molar-refractivity contribution >= 4 is 6.09 Å². The second kappa shape index (κ2) is 7.30. The van der Waals surface area contributed by atoms with Gasteiger partial charge in [-0.05, 0) is 51.2 Å². The molecule has 1 aliphatic carbocycles. The molecule has 1 aliphatic rings. The molecule has 1 heterocycles. The average molecular weight is 319 g/mol. The van der Waals surface area contributed by atoms with E-state index >= 15 is 0 Å². The Morgan fingerprint density at radius 1 is 1.43 bits per heavy atom. The third kappa shape index (κ3) is 5.20. The van der Waals surface area contributed by atoms with Crippen LogP contribution in [0.3, 0.4) is 0 Å². The normalized spacial score (nSPS) is 18.6. The number of amides is 1. The first-order chi connectivity index (χ1) is 10.8. The zero-order valence-electron chi connectivity index (χ0n) is 14.8. The van der Waals surface area contributed by atoms with E-state index in [1.807, 2.05) is 33.0 Å². The molecule has 0 saturated heterocycles. The van der Waals surface area contributed by atoms with Crippen molar-refractivity contribution in [3.8, 4) is 0 Å². The molecular weight excluding hydrogens is 290 g/mol. The standard InChI is InChI=1S/C18H29N3O2/c1-12(2)15(11-20-17(22)23-18(3,4)5)21-14-9-8-13-7-6-10-19-16(13)14/h6-7,10,12,14-15,21H,8-9,11H2,1-5H3,(H,20,22). The van der Waals surface area contributed by atoms with Crippen LogP contribution in [0.2, 0.25) is 0 Å². The Morgan fingerprint density at radius 3 is 2.83 bits per heavy atom. The minimum Gasteiger partial charge on any atom is -0.444 e. The Labute approximate surface area is 139 Å². The molecule has 2 N–H and O–H groups in total. The number of carbonyl (C=O) groups is 1. The van der Waals surface area contributed by atoms with Gasteiger partial charge in [-0.3, -0.25) is 4.98 Å². The maximum atomic E-state index is 11.8. The summed E-state index contributed by atoms with van der Waals surface area (Å²) < 4.78 is 5.30. The number of ether oxygens (including phenoxy) is 1. The molecular formula is C18H29N3O2. The van der Waals surface area contributed by atoms with Gasteiger partial charge in [0.1, 0.15) is 5.60 Å². The third-order valence-corrected chi connectivity index (χ3v) is 4.04. The topological polar surface area (TPSA) is 63.2 Å². The van der Waals surface area contributed by atoms with Crippen molar-refractivity contribution in [1.29, 1.82) is 0 Å². The maximum absolute atomic E-state index is 11.8. The van der Waals surface area contributed by atoms with Gasteiger partial charge in [-0.15, -0.1) is 0 Å². The highest BCUT2D eigenvalue weighted by Gasteiger charge is 2.27. The Bertz CT molecular complexity index is 537. The summed E-state index contributed by atoms with van der Waals surface area (Å²) in [5.41, 5.74) is 2.00. The first-order valence-corrected chi connectivity index (χ1v) is 8.43. The molecule has 5 heteroatoms. The quantitative estimate of drug-likeness (QED) is 0.875. The number of aromatic nitrogens is 1. The summed E-state index contributed by atoms with van der Waals surface area (Å²) >= 11 is 0. The molecule has 1 aromatic rings. The van der Waals surface area contributed by atoms with Crippen LogP contribution in [-0.2, 0) is 11.2 Å². The monoisotopic (exact) mass is 319 g/mol. The number of nitrogens with zero attached hydrogens (tertiary/aromatic N) is 1. The Morgan fingerprint density at radius 2 is 2.17 bits per heavy atom. The molecule has 0 aromatic carbocycles. The van der Waals surface area contributed by atoms with Crippen molar-refractivity contribution in [2.75, 3.05) is 6.54 Å². The van der Waals surface area contributed by atoms with E-state index in [4.69, 9.17) is 4.74 Å². The second-order valence-corrected chi connectivity index (χ2v) is 7.54. The van der Waals surface area contributed by atoms with Crippen LogP contribution >= 0.6 is 0 Å². The number of aryl methyl sites for hydroxylation is 1. The molecule has 1 aromatic heterocycles. The maximum Gasteiger partial charge on any atom is 0.407 e. The lowest BCUT2D eigenvalue weighted by atomic mass is 10.0. The van der Waals surface area contributed by atoms with Crippen molar-refractivity contribution < 1.29 is 9.53 Å². The SMILES string of the molecule is CC(C)C(CNC(=O)OC(C)(C)C)NC1CCc2cccnc21. The highest BCUT2D eigenvalue weighted by Crippen LogP contribution is 2.29. The highest BCUT2D eigenvalue weighted by atomic mass is 16.6. The lowest BCUT2D eigenvalue weighted by molar-refractivity contribution is 0.0518. The zero-order chi connectivity index (χ0) is 17.0. The molecule has 0 radical (unpaired) electrons. The van der Waals surface area contributed by atoms with E-state index in [0.29, 0.717) is 12.5 Å². The molecule has 1 amide bonds. The molecule has 23 heavy (non-hydrogen) atoms. The molecule has 0 bridgehead atoms. The molecule has 5 nitrogen and oxygen atoms in total. The van der Waals surface area contributed by atoms with Crippen molar-refractivity contribution in [3.05, 3.63) is 29.6 Å². The summed E-state index contributed by atoms with van der Waals surface area (Å²) in [4.78, 5) is 16.4. The van der Waals surface area contributed by atoms with Gasteiger partial charge in [-0.1, -0.05) is 19.9 Å². The predicted octanol–water partition coefficient (Wildman–Crippen LogP) is 3.21. The summed E-state index contributed by atoms with van der Waals surface area (Å²) in [5, 5.41) is 6.53. The van der Waals surface area contributed by atoms with Crippen molar-refractivity contribution in [2.24, 2.45) is 5.92 Å². The largest absolute Gasteiger partial charge is 0.444 e. The number of nitrogens with one attached hydrogen (secondary N) is 2. The van der Waals surface area contributed by atoms with Crippen LogP contribution in [-0.4, -0.2) is 29.3 Å². The van der Waals surface area contributed by atoms with Gasteiger partial charge in [0.05, 0.1) is 11.7 Å². The van der Waals surface area contributed by atoms with E-state index in [1.54, 1.807) is 0 Å². The summed E-state index contributed by atoms with van der Waals surface area (Å²) in [6.07, 6.45) is 3.60. The van der Waals surface area contributed by atoms with Gasteiger partial charge in [0.15, 0.2) is 0 Å². The fourth-order valence-electron chi connectivity index (χ4n) is 2.83. The number of hydrogen-bond acceptors (Lipinski definition) is 4. The average Bonchev–Trinajstić information content (AvgIpc) is 2.84. The van der Waals surface area contributed by atoms with Gasteiger partial charge in [-0.25, -0.2) is 4.79 Å². The van der Waals surface area contributed by atoms with Crippen LogP contribution in [0.15, 0.2) is 18.3 Å². The van der Waals surface area contributed by atoms with Crippen LogP contribution in [0.25, 0.3) is 0 Å².